The summed E-state index contributed by atoms with van der Waals surface area (Å²) in [6.07, 6.45) is 13.7. The second-order valence-electron chi connectivity index (χ2n) is 8.12. The van der Waals surface area contributed by atoms with Crippen molar-refractivity contribution in [2.24, 2.45) is 5.92 Å². The largest absolute Gasteiger partial charge is 0.303 e. The minimum Gasteiger partial charge on any atom is -0.303 e. The standard InChI is InChI=1S/C24H29FN2/c25-23-8-4-7-20(16-23)15-21-9-10-24(26-17-21)22-11-13-27(14-12-22)18-19-5-2-1-3-6-19/h1-2,4,7-10,16-17,19,22H,3,5-6,11-15,18H2/t19-/m0/s1. The SMILES string of the molecule is Fc1cccc(Cc2ccc(C3CCN(C[C@H]4CC=CCC4)CC3)nc2)c1. The molecule has 1 aliphatic carbocycles. The predicted octanol–water partition coefficient (Wildman–Crippen LogP) is 5.35. The maximum absolute atomic E-state index is 13.3. The molecule has 0 bridgehead atoms. The number of hydrogen-bond acceptors (Lipinski definition) is 2. The Morgan fingerprint density at radius 3 is 2.59 bits per heavy atom. The first-order valence-corrected chi connectivity index (χ1v) is 10.3. The minimum absolute atomic E-state index is 0.173. The molecular formula is C24H29FN2. The lowest BCUT2D eigenvalue weighted by Gasteiger charge is -2.34. The minimum atomic E-state index is -0.173. The van der Waals surface area contributed by atoms with Gasteiger partial charge in [-0.3, -0.25) is 4.98 Å². The fourth-order valence-corrected chi connectivity index (χ4v) is 4.46. The zero-order chi connectivity index (χ0) is 18.5. The van der Waals surface area contributed by atoms with Crippen LogP contribution in [0.4, 0.5) is 4.39 Å². The number of aromatic nitrogens is 1. The van der Waals surface area contributed by atoms with Crippen LogP contribution in [0.2, 0.25) is 0 Å². The molecule has 0 N–H and O–H groups in total. The average Bonchev–Trinajstić information content (AvgIpc) is 2.70. The first kappa shape index (κ1) is 18.4. The Hall–Kier alpha value is -2.00. The van der Waals surface area contributed by atoms with E-state index < -0.39 is 0 Å². The first-order valence-electron chi connectivity index (χ1n) is 10.3. The second kappa shape index (κ2) is 8.79. The molecule has 0 saturated carbocycles. The van der Waals surface area contributed by atoms with Gasteiger partial charge >= 0.3 is 0 Å². The van der Waals surface area contributed by atoms with Crippen LogP contribution in [0.15, 0.2) is 54.7 Å². The Kier molecular flexibility index (Phi) is 5.98. The molecule has 1 aromatic carbocycles. The summed E-state index contributed by atoms with van der Waals surface area (Å²) in [5.41, 5.74) is 3.36. The van der Waals surface area contributed by atoms with Gasteiger partial charge < -0.3 is 4.90 Å². The summed E-state index contributed by atoms with van der Waals surface area (Å²) in [7, 11) is 0. The van der Waals surface area contributed by atoms with E-state index in [1.54, 1.807) is 12.1 Å². The molecule has 2 aliphatic rings. The fraction of sp³-hybridized carbons (Fsp3) is 0.458. The number of halogens is 1. The summed E-state index contributed by atoms with van der Waals surface area (Å²) in [5.74, 6) is 1.26. The molecule has 2 aromatic rings. The van der Waals surface area contributed by atoms with Crippen LogP contribution in [0.25, 0.3) is 0 Å². The van der Waals surface area contributed by atoms with Gasteiger partial charge in [0.15, 0.2) is 0 Å². The summed E-state index contributed by atoms with van der Waals surface area (Å²) < 4.78 is 13.3. The van der Waals surface area contributed by atoms with Crippen LogP contribution in [-0.2, 0) is 6.42 Å². The van der Waals surface area contributed by atoms with Gasteiger partial charge in [-0.05, 0) is 86.9 Å². The zero-order valence-corrected chi connectivity index (χ0v) is 16.0. The number of piperidine rings is 1. The number of allylic oxidation sites excluding steroid dienone is 2. The maximum Gasteiger partial charge on any atom is 0.123 e. The van der Waals surface area contributed by atoms with Crippen LogP contribution in [0.1, 0.15) is 54.8 Å². The number of nitrogens with zero attached hydrogens (tertiary/aromatic N) is 2. The maximum atomic E-state index is 13.3. The highest BCUT2D eigenvalue weighted by Gasteiger charge is 2.23. The van der Waals surface area contributed by atoms with E-state index in [2.05, 4.69) is 29.2 Å². The van der Waals surface area contributed by atoms with E-state index in [1.807, 2.05) is 12.3 Å². The molecule has 4 rings (SSSR count). The van der Waals surface area contributed by atoms with Crippen molar-refractivity contribution < 1.29 is 4.39 Å². The van der Waals surface area contributed by atoms with Crippen molar-refractivity contribution in [1.29, 1.82) is 0 Å². The van der Waals surface area contributed by atoms with Gasteiger partial charge in [0.05, 0.1) is 0 Å². The number of likely N-dealkylation sites (tertiary alicyclic amines) is 1. The highest BCUT2D eigenvalue weighted by molar-refractivity contribution is 5.26. The molecule has 1 aromatic heterocycles. The Bertz CT molecular complexity index is 760. The lowest BCUT2D eigenvalue weighted by atomic mass is 9.90. The molecule has 0 unspecified atom stereocenters. The molecule has 1 atom stereocenters. The number of hydrogen-bond donors (Lipinski definition) is 0. The van der Waals surface area contributed by atoms with Gasteiger partial charge in [-0.2, -0.15) is 0 Å². The van der Waals surface area contributed by atoms with Gasteiger partial charge in [0.25, 0.3) is 0 Å². The van der Waals surface area contributed by atoms with Crippen molar-refractivity contribution in [2.45, 2.75) is 44.4 Å². The van der Waals surface area contributed by atoms with Gasteiger partial charge in [-0.15, -0.1) is 0 Å². The molecule has 2 heterocycles. The third-order valence-corrected chi connectivity index (χ3v) is 6.04. The number of benzene rings is 1. The summed E-state index contributed by atoms with van der Waals surface area (Å²) in [6, 6.07) is 11.2. The summed E-state index contributed by atoms with van der Waals surface area (Å²) in [6.45, 7) is 3.65. The van der Waals surface area contributed by atoms with Crippen molar-refractivity contribution in [3.8, 4) is 0 Å². The van der Waals surface area contributed by atoms with E-state index in [-0.39, 0.29) is 5.82 Å². The molecule has 0 spiro atoms. The summed E-state index contributed by atoms with van der Waals surface area (Å²) >= 11 is 0. The van der Waals surface area contributed by atoms with Crippen LogP contribution in [0.3, 0.4) is 0 Å². The number of pyridine rings is 1. The molecule has 0 amide bonds. The van der Waals surface area contributed by atoms with E-state index >= 15 is 0 Å². The zero-order valence-electron chi connectivity index (χ0n) is 16.0. The Labute approximate surface area is 162 Å². The van der Waals surface area contributed by atoms with E-state index in [0.717, 1.165) is 23.5 Å². The van der Waals surface area contributed by atoms with Crippen LogP contribution < -0.4 is 0 Å². The molecule has 27 heavy (non-hydrogen) atoms. The van der Waals surface area contributed by atoms with Gasteiger partial charge in [-0.1, -0.05) is 30.4 Å². The van der Waals surface area contributed by atoms with E-state index in [4.69, 9.17) is 4.98 Å². The highest BCUT2D eigenvalue weighted by Crippen LogP contribution is 2.28. The van der Waals surface area contributed by atoms with Crippen molar-refractivity contribution >= 4 is 0 Å². The van der Waals surface area contributed by atoms with Crippen molar-refractivity contribution in [3.05, 3.63) is 77.4 Å². The fourth-order valence-electron chi connectivity index (χ4n) is 4.46. The monoisotopic (exact) mass is 364 g/mol. The summed E-state index contributed by atoms with van der Waals surface area (Å²) in [5, 5.41) is 0. The molecule has 2 nitrogen and oxygen atoms in total. The molecular weight excluding hydrogens is 335 g/mol. The van der Waals surface area contributed by atoms with Gasteiger partial charge in [0.2, 0.25) is 0 Å². The molecule has 0 radical (unpaired) electrons. The van der Waals surface area contributed by atoms with Crippen molar-refractivity contribution in [1.82, 2.24) is 9.88 Å². The first-order chi connectivity index (χ1) is 13.3. The van der Waals surface area contributed by atoms with Crippen LogP contribution in [0, 0.1) is 11.7 Å². The summed E-state index contributed by atoms with van der Waals surface area (Å²) in [4.78, 5) is 7.39. The number of rotatable bonds is 5. The second-order valence-corrected chi connectivity index (χ2v) is 8.12. The highest BCUT2D eigenvalue weighted by atomic mass is 19.1. The molecule has 1 fully saturated rings. The van der Waals surface area contributed by atoms with Crippen molar-refractivity contribution in [2.75, 3.05) is 19.6 Å². The average molecular weight is 365 g/mol. The smallest absolute Gasteiger partial charge is 0.123 e. The Morgan fingerprint density at radius 1 is 1.00 bits per heavy atom. The normalized spacial score (nSPS) is 21.4. The van der Waals surface area contributed by atoms with Crippen LogP contribution in [-0.4, -0.2) is 29.5 Å². The van der Waals surface area contributed by atoms with E-state index in [9.17, 15) is 4.39 Å². The van der Waals surface area contributed by atoms with E-state index in [1.165, 1.54) is 63.5 Å². The Morgan fingerprint density at radius 2 is 1.89 bits per heavy atom. The molecule has 142 valence electrons. The van der Waals surface area contributed by atoms with Crippen LogP contribution in [0.5, 0.6) is 0 Å². The van der Waals surface area contributed by atoms with Gasteiger partial charge in [0.1, 0.15) is 5.82 Å². The van der Waals surface area contributed by atoms with E-state index in [0.29, 0.717) is 5.92 Å². The van der Waals surface area contributed by atoms with Gasteiger partial charge in [0, 0.05) is 24.4 Å². The lowest BCUT2D eigenvalue weighted by molar-refractivity contribution is 0.177. The quantitative estimate of drug-likeness (QED) is 0.665. The lowest BCUT2D eigenvalue weighted by Crippen LogP contribution is -2.36. The molecule has 3 heteroatoms. The third-order valence-electron chi connectivity index (χ3n) is 6.04. The molecule has 1 saturated heterocycles. The Balaban J connectivity index is 1.29. The van der Waals surface area contributed by atoms with Gasteiger partial charge in [-0.25, -0.2) is 4.39 Å². The van der Waals surface area contributed by atoms with Crippen LogP contribution >= 0.6 is 0 Å². The van der Waals surface area contributed by atoms with Crippen molar-refractivity contribution in [3.63, 3.8) is 0 Å². The topological polar surface area (TPSA) is 16.1 Å². The predicted molar refractivity (Wildman–Crippen MR) is 108 cm³/mol. The molecule has 1 aliphatic heterocycles. The third kappa shape index (κ3) is 5.04.